The molecule has 2 aromatic heterocycles. The summed E-state index contributed by atoms with van der Waals surface area (Å²) >= 11 is 0. The van der Waals surface area contributed by atoms with Gasteiger partial charge in [0.05, 0.1) is 11.4 Å². The summed E-state index contributed by atoms with van der Waals surface area (Å²) in [6, 6.07) is 10.0. The molecule has 0 fully saturated rings. The molecule has 3 rings (SSSR count). The number of hydrogen-bond donors (Lipinski definition) is 0. The van der Waals surface area contributed by atoms with Crippen LogP contribution in [0.25, 0.3) is 11.4 Å². The van der Waals surface area contributed by atoms with E-state index in [2.05, 4.69) is 46.4 Å². The van der Waals surface area contributed by atoms with Crippen LogP contribution in [0.1, 0.15) is 11.5 Å². The maximum atomic E-state index is 4.37. The fraction of sp³-hybridized carbons (Fsp3) is 0.0667. The average Bonchev–Trinajstić information content (AvgIpc) is 2.94. The van der Waals surface area contributed by atoms with Gasteiger partial charge < -0.3 is 0 Å². The summed E-state index contributed by atoms with van der Waals surface area (Å²) in [6.07, 6.45) is 12.1. The van der Waals surface area contributed by atoms with Gasteiger partial charge in [-0.3, -0.25) is 9.97 Å². The van der Waals surface area contributed by atoms with Gasteiger partial charge in [-0.25, -0.2) is 0 Å². The fourth-order valence-electron chi connectivity index (χ4n) is 1.96. The van der Waals surface area contributed by atoms with Crippen molar-refractivity contribution in [1.29, 1.82) is 0 Å². The molecule has 82 valence electrons. The molecule has 0 amide bonds. The van der Waals surface area contributed by atoms with E-state index >= 15 is 0 Å². The lowest BCUT2D eigenvalue weighted by Crippen LogP contribution is -1.92. The van der Waals surface area contributed by atoms with Crippen molar-refractivity contribution in [3.63, 3.8) is 0 Å². The molecule has 0 atom stereocenters. The third kappa shape index (κ3) is 2.02. The SMILES string of the molecule is C1=CC(c2ccnc(-c3ccccn3)c2)C=C1. The molecule has 2 heterocycles. The summed E-state index contributed by atoms with van der Waals surface area (Å²) in [5.74, 6) is 0.375. The topological polar surface area (TPSA) is 25.8 Å². The first-order valence-corrected chi connectivity index (χ1v) is 5.66. The monoisotopic (exact) mass is 220 g/mol. The van der Waals surface area contributed by atoms with Gasteiger partial charge in [0.25, 0.3) is 0 Å². The van der Waals surface area contributed by atoms with Gasteiger partial charge in [0.15, 0.2) is 0 Å². The highest BCUT2D eigenvalue weighted by molar-refractivity contribution is 5.55. The Labute approximate surface area is 100 Å². The van der Waals surface area contributed by atoms with E-state index in [1.165, 1.54) is 5.56 Å². The van der Waals surface area contributed by atoms with E-state index in [0.29, 0.717) is 5.92 Å². The number of rotatable bonds is 2. The number of allylic oxidation sites excluding steroid dienone is 4. The van der Waals surface area contributed by atoms with Crippen LogP contribution in [0.3, 0.4) is 0 Å². The van der Waals surface area contributed by atoms with Gasteiger partial charge in [-0.15, -0.1) is 0 Å². The largest absolute Gasteiger partial charge is 0.255 e. The molecule has 1 aliphatic carbocycles. The first-order chi connectivity index (χ1) is 8.43. The maximum Gasteiger partial charge on any atom is 0.0889 e. The van der Waals surface area contributed by atoms with E-state index in [1.54, 1.807) is 6.20 Å². The zero-order chi connectivity index (χ0) is 11.5. The van der Waals surface area contributed by atoms with Gasteiger partial charge in [0.1, 0.15) is 0 Å². The van der Waals surface area contributed by atoms with Crippen LogP contribution < -0.4 is 0 Å². The van der Waals surface area contributed by atoms with E-state index in [1.807, 2.05) is 24.4 Å². The summed E-state index contributed by atoms with van der Waals surface area (Å²) in [6.45, 7) is 0. The molecule has 0 unspecified atom stereocenters. The van der Waals surface area contributed by atoms with Crippen molar-refractivity contribution < 1.29 is 0 Å². The van der Waals surface area contributed by atoms with E-state index in [-0.39, 0.29) is 0 Å². The van der Waals surface area contributed by atoms with Crippen LogP contribution in [0.15, 0.2) is 67.0 Å². The summed E-state index contributed by atoms with van der Waals surface area (Å²) < 4.78 is 0. The second-order valence-electron chi connectivity index (χ2n) is 3.98. The smallest absolute Gasteiger partial charge is 0.0889 e. The highest BCUT2D eigenvalue weighted by atomic mass is 14.8. The summed E-state index contributed by atoms with van der Waals surface area (Å²) in [5.41, 5.74) is 3.10. The van der Waals surface area contributed by atoms with E-state index in [4.69, 9.17) is 0 Å². The highest BCUT2D eigenvalue weighted by Crippen LogP contribution is 2.25. The molecule has 0 spiro atoms. The van der Waals surface area contributed by atoms with Crippen LogP contribution in [0.2, 0.25) is 0 Å². The third-order valence-corrected chi connectivity index (χ3v) is 2.84. The lowest BCUT2D eigenvalue weighted by molar-refractivity contribution is 1.08. The van der Waals surface area contributed by atoms with Crippen molar-refractivity contribution in [2.24, 2.45) is 0 Å². The summed E-state index contributed by atoms with van der Waals surface area (Å²) in [4.78, 5) is 8.69. The Bertz CT molecular complexity index is 558. The Kier molecular flexibility index (Phi) is 2.54. The van der Waals surface area contributed by atoms with Crippen molar-refractivity contribution in [2.75, 3.05) is 0 Å². The van der Waals surface area contributed by atoms with Crippen LogP contribution in [-0.4, -0.2) is 9.97 Å². The minimum Gasteiger partial charge on any atom is -0.255 e. The molecule has 2 aromatic rings. The van der Waals surface area contributed by atoms with Gasteiger partial charge in [-0.2, -0.15) is 0 Å². The minimum absolute atomic E-state index is 0.375. The second kappa shape index (κ2) is 4.34. The molecule has 17 heavy (non-hydrogen) atoms. The van der Waals surface area contributed by atoms with Gasteiger partial charge in [-0.05, 0) is 29.8 Å². The zero-order valence-corrected chi connectivity index (χ0v) is 9.32. The fourth-order valence-corrected chi connectivity index (χ4v) is 1.96. The molecule has 0 aromatic carbocycles. The maximum absolute atomic E-state index is 4.37. The Hall–Kier alpha value is -2.22. The predicted octanol–water partition coefficient (Wildman–Crippen LogP) is 3.35. The molecule has 2 nitrogen and oxygen atoms in total. The summed E-state index contributed by atoms with van der Waals surface area (Å²) in [7, 11) is 0. The quantitative estimate of drug-likeness (QED) is 0.775. The molecular formula is C15H12N2. The molecule has 1 aliphatic rings. The minimum atomic E-state index is 0.375. The van der Waals surface area contributed by atoms with Crippen molar-refractivity contribution in [3.05, 3.63) is 72.6 Å². The lowest BCUT2D eigenvalue weighted by Gasteiger charge is -2.07. The van der Waals surface area contributed by atoms with Crippen LogP contribution in [-0.2, 0) is 0 Å². The van der Waals surface area contributed by atoms with Crippen LogP contribution >= 0.6 is 0 Å². The van der Waals surface area contributed by atoms with E-state index < -0.39 is 0 Å². The average molecular weight is 220 g/mol. The molecular weight excluding hydrogens is 208 g/mol. The molecule has 0 radical (unpaired) electrons. The van der Waals surface area contributed by atoms with Crippen molar-refractivity contribution in [3.8, 4) is 11.4 Å². The molecule has 2 heteroatoms. The second-order valence-corrected chi connectivity index (χ2v) is 3.98. The number of aromatic nitrogens is 2. The molecule has 0 bridgehead atoms. The van der Waals surface area contributed by atoms with Gasteiger partial charge in [0.2, 0.25) is 0 Å². The number of hydrogen-bond acceptors (Lipinski definition) is 2. The Balaban J connectivity index is 2.00. The predicted molar refractivity (Wildman–Crippen MR) is 68.5 cm³/mol. The summed E-state index contributed by atoms with van der Waals surface area (Å²) in [5, 5.41) is 0. The van der Waals surface area contributed by atoms with Crippen LogP contribution in [0.4, 0.5) is 0 Å². The van der Waals surface area contributed by atoms with Crippen molar-refractivity contribution in [2.45, 2.75) is 5.92 Å². The Morgan fingerprint density at radius 3 is 2.41 bits per heavy atom. The molecule has 0 saturated carbocycles. The first-order valence-electron chi connectivity index (χ1n) is 5.66. The number of nitrogens with zero attached hydrogens (tertiary/aromatic N) is 2. The van der Waals surface area contributed by atoms with Crippen molar-refractivity contribution in [1.82, 2.24) is 9.97 Å². The van der Waals surface area contributed by atoms with Gasteiger partial charge in [-0.1, -0.05) is 30.4 Å². The highest BCUT2D eigenvalue weighted by Gasteiger charge is 2.09. The number of pyridine rings is 2. The Morgan fingerprint density at radius 2 is 1.65 bits per heavy atom. The van der Waals surface area contributed by atoms with Crippen LogP contribution in [0, 0.1) is 0 Å². The van der Waals surface area contributed by atoms with Crippen molar-refractivity contribution >= 4 is 0 Å². The Morgan fingerprint density at radius 1 is 0.824 bits per heavy atom. The van der Waals surface area contributed by atoms with Crippen LogP contribution in [0.5, 0.6) is 0 Å². The molecule has 0 N–H and O–H groups in total. The zero-order valence-electron chi connectivity index (χ0n) is 9.32. The van der Waals surface area contributed by atoms with E-state index in [9.17, 15) is 0 Å². The normalized spacial score (nSPS) is 14.4. The third-order valence-electron chi connectivity index (χ3n) is 2.84. The standard InChI is InChI=1S/C15H12N2/c1-2-6-12(5-1)13-8-10-17-15(11-13)14-7-3-4-9-16-14/h1-12H. The van der Waals surface area contributed by atoms with Gasteiger partial charge in [0, 0.05) is 18.3 Å². The molecule has 0 aliphatic heterocycles. The molecule has 0 saturated heterocycles. The lowest BCUT2D eigenvalue weighted by atomic mass is 10.0. The van der Waals surface area contributed by atoms with Gasteiger partial charge >= 0.3 is 0 Å². The van der Waals surface area contributed by atoms with E-state index in [0.717, 1.165) is 11.4 Å². The first kappa shape index (κ1) is 9.97.